The smallest absolute Gasteiger partial charge is 0.228 e. The summed E-state index contributed by atoms with van der Waals surface area (Å²) >= 11 is 1.56. The van der Waals surface area contributed by atoms with Crippen LogP contribution in [0.2, 0.25) is 0 Å². The van der Waals surface area contributed by atoms with Gasteiger partial charge in [-0.25, -0.2) is 15.0 Å². The van der Waals surface area contributed by atoms with Crippen molar-refractivity contribution in [2.75, 3.05) is 23.7 Å². The topological polar surface area (TPSA) is 88.2 Å². The molecule has 0 radical (unpaired) electrons. The van der Waals surface area contributed by atoms with Gasteiger partial charge in [0.15, 0.2) is 0 Å². The quantitative estimate of drug-likeness (QED) is 0.908. The average molecular weight is 330 g/mol. The van der Waals surface area contributed by atoms with Crippen molar-refractivity contribution in [2.24, 2.45) is 5.92 Å². The molecule has 5 heterocycles. The highest BCUT2D eigenvalue weighted by molar-refractivity contribution is 7.07. The number of thiazole rings is 1. The van der Waals surface area contributed by atoms with Crippen molar-refractivity contribution in [2.45, 2.75) is 25.4 Å². The second-order valence-electron chi connectivity index (χ2n) is 6.08. The Bertz CT molecular complexity index is 706. The Morgan fingerprint density at radius 2 is 2.17 bits per heavy atom. The van der Waals surface area contributed by atoms with Gasteiger partial charge >= 0.3 is 0 Å². The van der Waals surface area contributed by atoms with E-state index >= 15 is 0 Å². The summed E-state index contributed by atoms with van der Waals surface area (Å²) in [6.07, 6.45) is 3.44. The molecule has 8 heteroatoms. The van der Waals surface area contributed by atoms with E-state index in [2.05, 4.69) is 19.9 Å². The maximum Gasteiger partial charge on any atom is 0.228 e. The van der Waals surface area contributed by atoms with Crippen LogP contribution in [0.25, 0.3) is 0 Å². The van der Waals surface area contributed by atoms with Gasteiger partial charge in [0, 0.05) is 30.6 Å². The summed E-state index contributed by atoms with van der Waals surface area (Å²) in [6.45, 7) is 2.07. The third-order valence-electron chi connectivity index (χ3n) is 4.61. The van der Waals surface area contributed by atoms with Crippen molar-refractivity contribution in [1.29, 1.82) is 0 Å². The highest BCUT2D eigenvalue weighted by atomic mass is 32.1. The second kappa shape index (κ2) is 5.77. The maximum absolute atomic E-state index is 12.8. The van der Waals surface area contributed by atoms with E-state index < -0.39 is 0 Å². The minimum Gasteiger partial charge on any atom is -0.384 e. The fraction of sp³-hybridized carbons (Fsp3) is 0.467. The lowest BCUT2D eigenvalue weighted by Crippen LogP contribution is -2.47. The number of carbonyl (C=O) groups excluding carboxylic acids is 1. The molecule has 3 saturated heterocycles. The first kappa shape index (κ1) is 14.4. The lowest BCUT2D eigenvalue weighted by Gasteiger charge is -2.35. The highest BCUT2D eigenvalue weighted by Gasteiger charge is 2.41. The third-order valence-corrected chi connectivity index (χ3v) is 5.24. The lowest BCUT2D eigenvalue weighted by atomic mass is 9.94. The number of nitrogen functional groups attached to an aromatic ring is 1. The summed E-state index contributed by atoms with van der Waals surface area (Å²) in [6, 6.07) is 1.97. The molecule has 0 spiro atoms. The Labute approximate surface area is 138 Å². The van der Waals surface area contributed by atoms with Crippen LogP contribution in [0.5, 0.6) is 0 Å². The zero-order valence-electron chi connectivity index (χ0n) is 12.6. The average Bonchev–Trinajstić information content (AvgIpc) is 2.91. The molecule has 3 fully saturated rings. The zero-order chi connectivity index (χ0) is 15.8. The number of amides is 1. The predicted molar refractivity (Wildman–Crippen MR) is 87.8 cm³/mol. The first-order valence-corrected chi connectivity index (χ1v) is 8.65. The number of carbonyl (C=O) groups is 1. The van der Waals surface area contributed by atoms with E-state index in [-0.39, 0.29) is 17.9 Å². The molecule has 0 saturated carbocycles. The molecule has 2 atom stereocenters. The van der Waals surface area contributed by atoms with Crippen LogP contribution in [-0.2, 0) is 11.3 Å². The molecule has 1 amide bonds. The molecule has 5 rings (SSSR count). The standard InChI is InChI=1S/C15H18N6OS/c16-13-3-14(18-8-17-13)20-4-10-1-2-12(6-20)21(15(10)22)5-11-7-23-9-19-11/h3,7-10,12H,1-2,4-6H2,(H2,16,17,18)/t10-,12+/m1/s1. The summed E-state index contributed by atoms with van der Waals surface area (Å²) < 4.78 is 0. The van der Waals surface area contributed by atoms with Crippen molar-refractivity contribution < 1.29 is 4.79 Å². The fourth-order valence-corrected chi connectivity index (χ4v) is 4.01. The number of aromatic nitrogens is 3. The minimum absolute atomic E-state index is 0.0172. The van der Waals surface area contributed by atoms with Gasteiger partial charge in [0.2, 0.25) is 5.91 Å². The van der Waals surface area contributed by atoms with Crippen molar-refractivity contribution in [1.82, 2.24) is 19.9 Å². The van der Waals surface area contributed by atoms with E-state index in [0.29, 0.717) is 18.9 Å². The molecule has 120 valence electrons. The Balaban J connectivity index is 1.59. The Morgan fingerprint density at radius 1 is 1.26 bits per heavy atom. The van der Waals surface area contributed by atoms with Gasteiger partial charge in [-0.2, -0.15) is 0 Å². The number of anilines is 2. The molecular weight excluding hydrogens is 312 g/mol. The summed E-state index contributed by atoms with van der Waals surface area (Å²) in [5.41, 5.74) is 8.55. The number of hydrogen-bond acceptors (Lipinski definition) is 7. The Morgan fingerprint density at radius 3 is 2.96 bits per heavy atom. The molecule has 2 bridgehead atoms. The van der Waals surface area contributed by atoms with Crippen LogP contribution in [0.1, 0.15) is 18.5 Å². The van der Waals surface area contributed by atoms with Crippen LogP contribution in [0, 0.1) is 5.92 Å². The lowest BCUT2D eigenvalue weighted by molar-refractivity contribution is -0.140. The zero-order valence-corrected chi connectivity index (χ0v) is 13.4. The number of rotatable bonds is 3. The van der Waals surface area contributed by atoms with Crippen LogP contribution in [0.4, 0.5) is 11.6 Å². The van der Waals surface area contributed by atoms with Gasteiger partial charge < -0.3 is 15.5 Å². The van der Waals surface area contributed by atoms with Gasteiger partial charge in [-0.05, 0) is 12.8 Å². The maximum atomic E-state index is 12.8. The van der Waals surface area contributed by atoms with Crippen LogP contribution in [0.3, 0.4) is 0 Å². The molecule has 0 unspecified atom stereocenters. The van der Waals surface area contributed by atoms with E-state index in [1.165, 1.54) is 6.33 Å². The van der Waals surface area contributed by atoms with E-state index in [0.717, 1.165) is 30.9 Å². The second-order valence-corrected chi connectivity index (χ2v) is 6.80. The SMILES string of the molecule is Nc1cc(N2C[C@H]3CC[C@@H](C2)N(Cc2cscn2)C3=O)ncn1. The van der Waals surface area contributed by atoms with E-state index in [1.807, 2.05) is 15.8 Å². The molecule has 3 aliphatic heterocycles. The number of nitrogens with two attached hydrogens (primary N) is 1. The number of piperidine rings is 1. The van der Waals surface area contributed by atoms with Crippen molar-refractivity contribution in [3.8, 4) is 0 Å². The van der Waals surface area contributed by atoms with Crippen molar-refractivity contribution >= 4 is 28.9 Å². The highest BCUT2D eigenvalue weighted by Crippen LogP contribution is 2.32. The first-order valence-electron chi connectivity index (χ1n) is 7.70. The molecule has 2 N–H and O–H groups in total. The normalized spacial score (nSPS) is 24.1. The molecule has 23 heavy (non-hydrogen) atoms. The van der Waals surface area contributed by atoms with Crippen LogP contribution >= 0.6 is 11.3 Å². The number of hydrogen-bond donors (Lipinski definition) is 1. The predicted octanol–water partition coefficient (Wildman–Crippen LogP) is 1.14. The summed E-state index contributed by atoms with van der Waals surface area (Å²) in [5, 5.41) is 2.01. The van der Waals surface area contributed by atoms with Gasteiger partial charge in [0.05, 0.1) is 23.7 Å². The summed E-state index contributed by atoms with van der Waals surface area (Å²) in [4.78, 5) is 29.5. The van der Waals surface area contributed by atoms with Gasteiger partial charge in [-0.3, -0.25) is 4.79 Å². The first-order chi connectivity index (χ1) is 11.2. The van der Waals surface area contributed by atoms with Gasteiger partial charge in [-0.15, -0.1) is 11.3 Å². The monoisotopic (exact) mass is 330 g/mol. The molecule has 2 aromatic heterocycles. The fourth-order valence-electron chi connectivity index (χ4n) is 3.46. The minimum atomic E-state index is 0.0172. The van der Waals surface area contributed by atoms with E-state index in [4.69, 9.17) is 5.73 Å². The number of fused-ring (bicyclic) bond motifs is 4. The molecular formula is C15H18N6OS. The molecule has 2 aromatic rings. The van der Waals surface area contributed by atoms with Gasteiger partial charge in [0.25, 0.3) is 0 Å². The number of nitrogens with zero attached hydrogens (tertiary/aromatic N) is 5. The van der Waals surface area contributed by atoms with Crippen LogP contribution in [-0.4, -0.2) is 44.9 Å². The molecule has 0 aliphatic carbocycles. The third kappa shape index (κ3) is 2.74. The summed E-state index contributed by atoms with van der Waals surface area (Å²) in [7, 11) is 0. The molecule has 7 nitrogen and oxygen atoms in total. The van der Waals surface area contributed by atoms with E-state index in [9.17, 15) is 4.79 Å². The van der Waals surface area contributed by atoms with E-state index in [1.54, 1.807) is 17.4 Å². The van der Waals surface area contributed by atoms with Crippen molar-refractivity contribution in [3.63, 3.8) is 0 Å². The summed E-state index contributed by atoms with van der Waals surface area (Å²) in [5.74, 6) is 1.51. The molecule has 3 aliphatic rings. The largest absolute Gasteiger partial charge is 0.384 e. The van der Waals surface area contributed by atoms with Crippen molar-refractivity contribution in [3.05, 3.63) is 29.0 Å². The van der Waals surface area contributed by atoms with Gasteiger partial charge in [-0.1, -0.05) is 0 Å². The van der Waals surface area contributed by atoms with Crippen LogP contribution < -0.4 is 10.6 Å². The molecule has 0 aromatic carbocycles. The Kier molecular flexibility index (Phi) is 3.60. The van der Waals surface area contributed by atoms with Gasteiger partial charge in [0.1, 0.15) is 18.0 Å². The van der Waals surface area contributed by atoms with Crippen LogP contribution in [0.15, 0.2) is 23.3 Å². The Hall–Kier alpha value is -2.22.